The molecule has 0 unspecified atom stereocenters. The van der Waals surface area contributed by atoms with Crippen LogP contribution in [-0.4, -0.2) is 28.8 Å². The number of rotatable bonds is 11. The van der Waals surface area contributed by atoms with E-state index in [9.17, 15) is 9.59 Å². The second-order valence-corrected chi connectivity index (χ2v) is 12.0. The summed E-state index contributed by atoms with van der Waals surface area (Å²) in [7, 11) is 0. The van der Waals surface area contributed by atoms with Gasteiger partial charge >= 0.3 is 0 Å². The maximum Gasteiger partial charge on any atom is 0.243 e. The van der Waals surface area contributed by atoms with Crippen LogP contribution in [0.2, 0.25) is 10.0 Å². The van der Waals surface area contributed by atoms with Crippen molar-refractivity contribution in [2.45, 2.75) is 89.8 Å². The number of halogens is 2. The lowest BCUT2D eigenvalue weighted by Gasteiger charge is -2.33. The number of nitrogens with one attached hydrogen (secondary N) is 1. The SMILES string of the molecule is CC(C)c1ccc(CCC(=O)N(Cc2ccc(Cl)c(Cl)c2)[C@@H](Cc2ccccc2)C(=O)NC2CCCCC2)cc1. The van der Waals surface area contributed by atoms with Gasteiger partial charge in [0.1, 0.15) is 6.04 Å². The lowest BCUT2D eigenvalue weighted by Crippen LogP contribution is -2.52. The fourth-order valence-corrected chi connectivity index (χ4v) is 5.72. The highest BCUT2D eigenvalue weighted by atomic mass is 35.5. The summed E-state index contributed by atoms with van der Waals surface area (Å²) in [6.45, 7) is 4.62. The minimum atomic E-state index is -0.644. The maximum atomic E-state index is 14.0. The molecule has 4 nitrogen and oxygen atoms in total. The first kappa shape index (κ1) is 30.1. The molecule has 1 aliphatic carbocycles. The van der Waals surface area contributed by atoms with Gasteiger partial charge in [0.05, 0.1) is 10.0 Å². The molecular weight excluding hydrogens is 539 g/mol. The highest BCUT2D eigenvalue weighted by Crippen LogP contribution is 2.25. The molecule has 0 saturated heterocycles. The molecule has 1 N–H and O–H groups in total. The monoisotopic (exact) mass is 578 g/mol. The standard InChI is InChI=1S/C34H40Cl2N2O2/c1-24(2)28-17-13-25(14-18-28)16-20-33(39)38(23-27-15-19-30(35)31(36)21-27)32(22-26-9-5-3-6-10-26)34(40)37-29-11-7-4-8-12-29/h3,5-6,9-10,13-15,17-19,21,24,29,32H,4,7-8,11-12,16,20,22-23H2,1-2H3,(H,37,40)/t32-/m0/s1. The van der Waals surface area contributed by atoms with Gasteiger partial charge < -0.3 is 10.2 Å². The van der Waals surface area contributed by atoms with E-state index in [2.05, 4.69) is 43.4 Å². The van der Waals surface area contributed by atoms with Crippen LogP contribution in [0, 0.1) is 0 Å². The fourth-order valence-electron chi connectivity index (χ4n) is 5.40. The van der Waals surface area contributed by atoms with E-state index in [0.29, 0.717) is 35.2 Å². The molecule has 3 aromatic rings. The van der Waals surface area contributed by atoms with Crippen molar-refractivity contribution in [1.29, 1.82) is 0 Å². The van der Waals surface area contributed by atoms with Crippen molar-refractivity contribution in [2.75, 3.05) is 0 Å². The van der Waals surface area contributed by atoms with Gasteiger partial charge in [-0.1, -0.05) is 117 Å². The average molecular weight is 580 g/mol. The second-order valence-electron chi connectivity index (χ2n) is 11.2. The largest absolute Gasteiger partial charge is 0.352 e. The summed E-state index contributed by atoms with van der Waals surface area (Å²) < 4.78 is 0. The van der Waals surface area contributed by atoms with Gasteiger partial charge in [-0.25, -0.2) is 0 Å². The van der Waals surface area contributed by atoms with Gasteiger partial charge in [0.25, 0.3) is 0 Å². The Bertz CT molecular complexity index is 1250. The predicted molar refractivity (Wildman–Crippen MR) is 165 cm³/mol. The summed E-state index contributed by atoms with van der Waals surface area (Å²) >= 11 is 12.5. The predicted octanol–water partition coefficient (Wildman–Crippen LogP) is 8.14. The summed E-state index contributed by atoms with van der Waals surface area (Å²) in [6.07, 6.45) is 6.77. The van der Waals surface area contributed by atoms with Crippen LogP contribution in [-0.2, 0) is 29.0 Å². The van der Waals surface area contributed by atoms with E-state index in [1.807, 2.05) is 36.4 Å². The Labute approximate surface area is 249 Å². The van der Waals surface area contributed by atoms with Crippen molar-refractivity contribution in [1.82, 2.24) is 10.2 Å². The third-order valence-electron chi connectivity index (χ3n) is 7.83. The van der Waals surface area contributed by atoms with Gasteiger partial charge in [-0.2, -0.15) is 0 Å². The van der Waals surface area contributed by atoms with E-state index in [1.165, 1.54) is 12.0 Å². The van der Waals surface area contributed by atoms with Crippen LogP contribution in [0.1, 0.15) is 80.5 Å². The molecule has 0 aromatic heterocycles. The number of amides is 2. The lowest BCUT2D eigenvalue weighted by molar-refractivity contribution is -0.141. The summed E-state index contributed by atoms with van der Waals surface area (Å²) in [5, 5.41) is 4.19. The van der Waals surface area contributed by atoms with Gasteiger partial charge in [-0.3, -0.25) is 9.59 Å². The van der Waals surface area contributed by atoms with Crippen LogP contribution in [0.3, 0.4) is 0 Å². The molecule has 0 radical (unpaired) electrons. The van der Waals surface area contributed by atoms with Crippen LogP contribution in [0.4, 0.5) is 0 Å². The molecule has 0 aliphatic heterocycles. The molecule has 0 heterocycles. The van der Waals surface area contributed by atoms with Gasteiger partial charge in [0.15, 0.2) is 0 Å². The summed E-state index contributed by atoms with van der Waals surface area (Å²) in [5.74, 6) is 0.308. The Morgan fingerprint density at radius 1 is 0.850 bits per heavy atom. The van der Waals surface area contributed by atoms with E-state index in [0.717, 1.165) is 42.4 Å². The number of hydrogen-bond donors (Lipinski definition) is 1. The molecule has 0 spiro atoms. The molecule has 0 bridgehead atoms. The van der Waals surface area contributed by atoms with Gasteiger partial charge in [0.2, 0.25) is 11.8 Å². The van der Waals surface area contributed by atoms with E-state index < -0.39 is 6.04 Å². The Balaban J connectivity index is 1.60. The number of carbonyl (C=O) groups excluding carboxylic acids is 2. The Morgan fingerprint density at radius 2 is 1.52 bits per heavy atom. The molecule has 1 saturated carbocycles. The molecule has 6 heteroatoms. The lowest BCUT2D eigenvalue weighted by atomic mass is 9.94. The molecule has 212 valence electrons. The zero-order valence-corrected chi connectivity index (χ0v) is 25.1. The first-order valence-corrected chi connectivity index (χ1v) is 15.2. The van der Waals surface area contributed by atoms with E-state index in [4.69, 9.17) is 23.2 Å². The molecule has 40 heavy (non-hydrogen) atoms. The molecule has 3 aromatic carbocycles. The Hall–Kier alpha value is -2.82. The quantitative estimate of drug-likeness (QED) is 0.249. The summed E-state index contributed by atoms with van der Waals surface area (Å²) in [5.41, 5.74) is 4.24. The van der Waals surface area contributed by atoms with Crippen molar-refractivity contribution in [3.8, 4) is 0 Å². The smallest absolute Gasteiger partial charge is 0.243 e. The number of hydrogen-bond acceptors (Lipinski definition) is 2. The van der Waals surface area contributed by atoms with Crippen LogP contribution < -0.4 is 5.32 Å². The van der Waals surface area contributed by atoms with Crippen LogP contribution >= 0.6 is 23.2 Å². The Morgan fingerprint density at radius 3 is 2.17 bits per heavy atom. The van der Waals surface area contributed by atoms with Crippen molar-refractivity contribution >= 4 is 35.0 Å². The van der Waals surface area contributed by atoms with Crippen molar-refractivity contribution in [3.05, 3.63) is 105 Å². The number of carbonyl (C=O) groups is 2. The first-order valence-electron chi connectivity index (χ1n) is 14.5. The van der Waals surface area contributed by atoms with E-state index in [1.54, 1.807) is 17.0 Å². The Kier molecular flexibility index (Phi) is 11.1. The minimum Gasteiger partial charge on any atom is -0.352 e. The number of aryl methyl sites for hydroxylation is 1. The van der Waals surface area contributed by atoms with Crippen molar-refractivity contribution in [2.24, 2.45) is 0 Å². The van der Waals surface area contributed by atoms with Crippen molar-refractivity contribution < 1.29 is 9.59 Å². The molecule has 1 fully saturated rings. The zero-order valence-electron chi connectivity index (χ0n) is 23.5. The number of nitrogens with zero attached hydrogens (tertiary/aromatic N) is 1. The summed E-state index contributed by atoms with van der Waals surface area (Å²) in [4.78, 5) is 29.6. The van der Waals surface area contributed by atoms with E-state index in [-0.39, 0.29) is 24.4 Å². The highest BCUT2D eigenvalue weighted by molar-refractivity contribution is 6.42. The molecule has 2 amide bonds. The average Bonchev–Trinajstić information content (AvgIpc) is 2.96. The van der Waals surface area contributed by atoms with Gasteiger partial charge in [0, 0.05) is 25.4 Å². The minimum absolute atomic E-state index is 0.0567. The normalized spacial score (nSPS) is 14.6. The van der Waals surface area contributed by atoms with Gasteiger partial charge in [-0.05, 0) is 59.6 Å². The maximum absolute atomic E-state index is 14.0. The second kappa shape index (κ2) is 14.7. The third kappa shape index (κ3) is 8.59. The fraction of sp³-hybridized carbons (Fsp3) is 0.412. The molecular formula is C34H40Cl2N2O2. The third-order valence-corrected chi connectivity index (χ3v) is 8.57. The van der Waals surface area contributed by atoms with Crippen molar-refractivity contribution in [3.63, 3.8) is 0 Å². The number of benzene rings is 3. The van der Waals surface area contributed by atoms with E-state index >= 15 is 0 Å². The van der Waals surface area contributed by atoms with Crippen LogP contribution in [0.25, 0.3) is 0 Å². The highest BCUT2D eigenvalue weighted by Gasteiger charge is 2.31. The first-order chi connectivity index (χ1) is 19.3. The molecule has 1 atom stereocenters. The molecule has 4 rings (SSSR count). The van der Waals surface area contributed by atoms with Gasteiger partial charge in [-0.15, -0.1) is 0 Å². The molecule has 1 aliphatic rings. The zero-order chi connectivity index (χ0) is 28.5. The van der Waals surface area contributed by atoms with Crippen LogP contribution in [0.5, 0.6) is 0 Å². The summed E-state index contributed by atoms with van der Waals surface area (Å²) in [6, 6.07) is 23.3. The van der Waals surface area contributed by atoms with Crippen LogP contribution in [0.15, 0.2) is 72.8 Å². The topological polar surface area (TPSA) is 49.4 Å².